The number of hydrogen-bond acceptors (Lipinski definition) is 5. The number of benzene rings is 1. The molecule has 1 amide bonds. The van der Waals surface area contributed by atoms with Crippen LogP contribution >= 0.6 is 0 Å². The summed E-state index contributed by atoms with van der Waals surface area (Å²) in [5.74, 6) is -0.0205. The molecule has 0 saturated heterocycles. The molecule has 0 heterocycles. The van der Waals surface area contributed by atoms with Crippen molar-refractivity contribution >= 4 is 21.6 Å². The van der Waals surface area contributed by atoms with E-state index in [9.17, 15) is 13.2 Å². The van der Waals surface area contributed by atoms with E-state index in [1.54, 1.807) is 24.3 Å². The number of nitrogen functional groups attached to an aromatic ring is 1. The predicted octanol–water partition coefficient (Wildman–Crippen LogP) is -0.154. The summed E-state index contributed by atoms with van der Waals surface area (Å²) < 4.78 is 30.9. The first kappa shape index (κ1) is 15.6. The molecule has 1 fully saturated rings. The van der Waals surface area contributed by atoms with Gasteiger partial charge in [-0.15, -0.1) is 0 Å². The summed E-state index contributed by atoms with van der Waals surface area (Å²) in [6.45, 7) is -0.250. The van der Waals surface area contributed by atoms with Gasteiger partial charge in [0, 0.05) is 17.8 Å². The predicted molar refractivity (Wildman–Crippen MR) is 79.3 cm³/mol. The first-order chi connectivity index (χ1) is 9.94. The van der Waals surface area contributed by atoms with Crippen LogP contribution in [0.15, 0.2) is 24.3 Å². The monoisotopic (exact) mass is 313 g/mol. The lowest BCUT2D eigenvalue weighted by Crippen LogP contribution is -2.39. The Kier molecular flexibility index (Phi) is 5.03. The van der Waals surface area contributed by atoms with Crippen LogP contribution in [0.2, 0.25) is 0 Å². The normalized spacial score (nSPS) is 14.7. The third kappa shape index (κ3) is 6.01. The molecule has 0 aromatic heterocycles. The Hall–Kier alpha value is -1.80. The molecule has 7 nitrogen and oxygen atoms in total. The van der Waals surface area contributed by atoms with E-state index in [0.29, 0.717) is 11.4 Å². The van der Waals surface area contributed by atoms with E-state index in [0.717, 1.165) is 12.8 Å². The Morgan fingerprint density at radius 1 is 1.38 bits per heavy atom. The molecule has 1 aliphatic carbocycles. The van der Waals surface area contributed by atoms with Gasteiger partial charge in [0.2, 0.25) is 15.9 Å². The van der Waals surface area contributed by atoms with Crippen molar-refractivity contribution in [2.24, 2.45) is 0 Å². The molecule has 2 rings (SSSR count). The molecule has 0 atom stereocenters. The molecule has 0 spiro atoms. The minimum Gasteiger partial charge on any atom is -0.492 e. The van der Waals surface area contributed by atoms with Crippen LogP contribution in [0.3, 0.4) is 0 Å². The zero-order valence-electron chi connectivity index (χ0n) is 11.5. The van der Waals surface area contributed by atoms with Gasteiger partial charge < -0.3 is 15.8 Å². The maximum absolute atomic E-state index is 11.7. The molecule has 116 valence electrons. The molecule has 1 saturated carbocycles. The number of anilines is 1. The van der Waals surface area contributed by atoms with E-state index in [-0.39, 0.29) is 30.9 Å². The van der Waals surface area contributed by atoms with Crippen LogP contribution in [0.25, 0.3) is 0 Å². The van der Waals surface area contributed by atoms with Crippen LogP contribution in [0.1, 0.15) is 12.8 Å². The van der Waals surface area contributed by atoms with Gasteiger partial charge >= 0.3 is 0 Å². The molecule has 1 aromatic carbocycles. The fraction of sp³-hybridized carbons (Fsp3) is 0.462. The van der Waals surface area contributed by atoms with Gasteiger partial charge in [-0.05, 0) is 25.0 Å². The highest BCUT2D eigenvalue weighted by Crippen LogP contribution is 2.18. The second-order valence-electron chi connectivity index (χ2n) is 4.90. The van der Waals surface area contributed by atoms with Crippen molar-refractivity contribution in [2.75, 3.05) is 24.6 Å². The SMILES string of the molecule is Nc1cccc(OCCS(=O)(=O)NCC(=O)NC2CC2)c1. The molecule has 8 heteroatoms. The molecular formula is C13H19N3O4S. The second-order valence-corrected chi connectivity index (χ2v) is 6.83. The largest absolute Gasteiger partial charge is 0.492 e. The van der Waals surface area contributed by atoms with E-state index in [2.05, 4.69) is 10.0 Å². The van der Waals surface area contributed by atoms with E-state index in [1.807, 2.05) is 0 Å². The first-order valence-corrected chi connectivity index (χ1v) is 8.35. The lowest BCUT2D eigenvalue weighted by atomic mass is 10.3. The molecule has 0 aliphatic heterocycles. The zero-order valence-corrected chi connectivity index (χ0v) is 12.4. The number of ether oxygens (including phenoxy) is 1. The fourth-order valence-electron chi connectivity index (χ4n) is 1.63. The number of carbonyl (C=O) groups excluding carboxylic acids is 1. The molecule has 0 bridgehead atoms. The first-order valence-electron chi connectivity index (χ1n) is 6.70. The minimum absolute atomic E-state index is 0.0109. The van der Waals surface area contributed by atoms with Crippen molar-refractivity contribution < 1.29 is 17.9 Å². The Morgan fingerprint density at radius 2 is 2.14 bits per heavy atom. The second kappa shape index (κ2) is 6.77. The molecular weight excluding hydrogens is 294 g/mol. The Balaban J connectivity index is 1.69. The lowest BCUT2D eigenvalue weighted by Gasteiger charge is -2.09. The van der Waals surface area contributed by atoms with E-state index in [4.69, 9.17) is 10.5 Å². The number of carbonyl (C=O) groups is 1. The van der Waals surface area contributed by atoms with Gasteiger partial charge in [-0.25, -0.2) is 13.1 Å². The quantitative estimate of drug-likeness (QED) is 0.578. The number of nitrogens with one attached hydrogen (secondary N) is 2. The molecule has 1 aromatic rings. The van der Waals surface area contributed by atoms with Gasteiger partial charge in [0.15, 0.2) is 0 Å². The summed E-state index contributed by atoms with van der Waals surface area (Å²) in [4.78, 5) is 11.4. The molecule has 0 radical (unpaired) electrons. The van der Waals surface area contributed by atoms with Crippen molar-refractivity contribution in [3.63, 3.8) is 0 Å². The van der Waals surface area contributed by atoms with Crippen molar-refractivity contribution in [1.82, 2.24) is 10.0 Å². The minimum atomic E-state index is -3.54. The van der Waals surface area contributed by atoms with Crippen LogP contribution < -0.4 is 20.5 Å². The van der Waals surface area contributed by atoms with Gasteiger partial charge in [-0.1, -0.05) is 6.07 Å². The van der Waals surface area contributed by atoms with Crippen molar-refractivity contribution in [3.8, 4) is 5.75 Å². The summed E-state index contributed by atoms with van der Waals surface area (Å²) in [6, 6.07) is 6.96. The third-order valence-electron chi connectivity index (χ3n) is 2.87. The van der Waals surface area contributed by atoms with Crippen molar-refractivity contribution in [1.29, 1.82) is 0 Å². The fourth-order valence-corrected chi connectivity index (χ4v) is 2.43. The van der Waals surface area contributed by atoms with Crippen LogP contribution in [0, 0.1) is 0 Å². The van der Waals surface area contributed by atoms with E-state index in [1.165, 1.54) is 0 Å². The van der Waals surface area contributed by atoms with Crippen LogP contribution in [-0.2, 0) is 14.8 Å². The lowest BCUT2D eigenvalue weighted by molar-refractivity contribution is -0.120. The molecule has 21 heavy (non-hydrogen) atoms. The summed E-state index contributed by atoms with van der Waals surface area (Å²) in [6.07, 6.45) is 1.93. The zero-order chi connectivity index (χ0) is 15.3. The topological polar surface area (TPSA) is 111 Å². The van der Waals surface area contributed by atoms with E-state index < -0.39 is 10.0 Å². The summed E-state index contributed by atoms with van der Waals surface area (Å²) >= 11 is 0. The highest BCUT2D eigenvalue weighted by atomic mass is 32.2. The van der Waals surface area contributed by atoms with Crippen LogP contribution in [-0.4, -0.2) is 39.3 Å². The van der Waals surface area contributed by atoms with Crippen molar-refractivity contribution in [3.05, 3.63) is 24.3 Å². The number of hydrogen-bond donors (Lipinski definition) is 3. The third-order valence-corrected chi connectivity index (χ3v) is 4.16. The summed E-state index contributed by atoms with van der Waals surface area (Å²) in [5, 5.41) is 2.70. The number of rotatable bonds is 8. The number of amides is 1. The van der Waals surface area contributed by atoms with Gasteiger partial charge in [0.25, 0.3) is 0 Å². The Bertz CT molecular complexity index is 599. The van der Waals surface area contributed by atoms with Crippen LogP contribution in [0.4, 0.5) is 5.69 Å². The van der Waals surface area contributed by atoms with Gasteiger partial charge in [-0.2, -0.15) is 0 Å². The van der Waals surface area contributed by atoms with Gasteiger partial charge in [-0.3, -0.25) is 4.79 Å². The Labute approximate surface area is 123 Å². The van der Waals surface area contributed by atoms with Crippen LogP contribution in [0.5, 0.6) is 5.75 Å². The average Bonchev–Trinajstić information content (AvgIpc) is 3.20. The summed E-state index contributed by atoms with van der Waals surface area (Å²) in [5.41, 5.74) is 6.13. The number of sulfonamides is 1. The summed E-state index contributed by atoms with van der Waals surface area (Å²) in [7, 11) is -3.54. The highest BCUT2D eigenvalue weighted by molar-refractivity contribution is 7.89. The smallest absolute Gasteiger partial charge is 0.235 e. The van der Waals surface area contributed by atoms with Crippen molar-refractivity contribution in [2.45, 2.75) is 18.9 Å². The highest BCUT2D eigenvalue weighted by Gasteiger charge is 2.23. The average molecular weight is 313 g/mol. The van der Waals surface area contributed by atoms with Gasteiger partial charge in [0.05, 0.1) is 12.3 Å². The maximum Gasteiger partial charge on any atom is 0.235 e. The standard InChI is InChI=1S/C13H19N3O4S/c14-10-2-1-3-12(8-10)20-6-7-21(18,19)15-9-13(17)16-11-4-5-11/h1-3,8,11,15H,4-7,9,14H2,(H,16,17). The molecule has 0 unspecified atom stereocenters. The maximum atomic E-state index is 11.7. The van der Waals surface area contributed by atoms with E-state index >= 15 is 0 Å². The Morgan fingerprint density at radius 3 is 2.81 bits per heavy atom. The molecule has 4 N–H and O–H groups in total. The molecule has 1 aliphatic rings. The number of nitrogens with two attached hydrogens (primary N) is 1. The van der Waals surface area contributed by atoms with Gasteiger partial charge in [0.1, 0.15) is 12.4 Å².